The van der Waals surface area contributed by atoms with E-state index < -0.39 is 0 Å². The molecule has 5 fully saturated rings. The van der Waals surface area contributed by atoms with Crippen molar-refractivity contribution in [1.29, 1.82) is 0 Å². The molecular weight excluding hydrogens is 493 g/mol. The van der Waals surface area contributed by atoms with Crippen molar-refractivity contribution in [2.45, 2.75) is 44.9 Å². The maximum absolute atomic E-state index is 13.0. The highest BCUT2D eigenvalue weighted by Gasteiger charge is 2.51. The number of nitrogens with one attached hydrogen (secondary N) is 1. The zero-order valence-corrected chi connectivity index (χ0v) is 22.0. The number of anilines is 2. The van der Waals surface area contributed by atoms with E-state index in [0.717, 1.165) is 29.1 Å². The van der Waals surface area contributed by atoms with E-state index in [2.05, 4.69) is 10.2 Å². The molecule has 7 heteroatoms. The monoisotopic (exact) mass is 525 g/mol. The fourth-order valence-electron chi connectivity index (χ4n) is 7.82. The van der Waals surface area contributed by atoms with E-state index in [4.69, 9.17) is 23.2 Å². The van der Waals surface area contributed by atoms with Crippen LogP contribution in [0.1, 0.15) is 55.3 Å². The molecule has 2 aromatic rings. The molecule has 0 atom stereocenters. The fourth-order valence-corrected chi connectivity index (χ4v) is 8.24. The summed E-state index contributed by atoms with van der Waals surface area (Å²) in [5, 5.41) is 4.38. The third-order valence-corrected chi connectivity index (χ3v) is 9.49. The average molecular weight is 527 g/mol. The first kappa shape index (κ1) is 24.1. The zero-order valence-electron chi connectivity index (χ0n) is 20.5. The van der Waals surface area contributed by atoms with E-state index >= 15 is 0 Å². The van der Waals surface area contributed by atoms with Crippen molar-refractivity contribution in [2.24, 2.45) is 23.2 Å². The highest BCUT2D eigenvalue weighted by atomic mass is 35.5. The minimum atomic E-state index is 0.0227. The van der Waals surface area contributed by atoms with Gasteiger partial charge in [0.05, 0.1) is 10.7 Å². The lowest BCUT2D eigenvalue weighted by Gasteiger charge is -2.56. The Bertz CT molecular complexity index is 1120. The number of hydrogen-bond acceptors (Lipinski definition) is 3. The van der Waals surface area contributed by atoms with Crippen molar-refractivity contribution in [2.75, 3.05) is 36.4 Å². The predicted octanol–water partition coefficient (Wildman–Crippen LogP) is 6.50. The Morgan fingerprint density at radius 3 is 2.06 bits per heavy atom. The minimum absolute atomic E-state index is 0.0227. The first-order valence-electron chi connectivity index (χ1n) is 13.2. The average Bonchev–Trinajstić information content (AvgIpc) is 2.83. The summed E-state index contributed by atoms with van der Waals surface area (Å²) < 4.78 is 0. The normalized spacial score (nSPS) is 28.9. The molecule has 4 bridgehead atoms. The molecule has 0 unspecified atom stereocenters. The van der Waals surface area contributed by atoms with Gasteiger partial charge in [0.25, 0.3) is 5.91 Å². The summed E-state index contributed by atoms with van der Waals surface area (Å²) >= 11 is 12.6. The molecule has 5 nitrogen and oxygen atoms in total. The number of rotatable bonds is 5. The van der Waals surface area contributed by atoms with Gasteiger partial charge in [-0.3, -0.25) is 9.59 Å². The second-order valence-electron chi connectivity index (χ2n) is 11.6. The van der Waals surface area contributed by atoms with E-state index in [0.29, 0.717) is 48.2 Å². The van der Waals surface area contributed by atoms with E-state index in [1.807, 2.05) is 23.1 Å². The van der Waals surface area contributed by atoms with Crippen LogP contribution >= 0.6 is 23.2 Å². The van der Waals surface area contributed by atoms with Crippen LogP contribution in [0.2, 0.25) is 10.0 Å². The van der Waals surface area contributed by atoms with Gasteiger partial charge in [0.1, 0.15) is 0 Å². The lowest BCUT2D eigenvalue weighted by atomic mass is 9.49. The molecule has 0 spiro atoms. The van der Waals surface area contributed by atoms with Crippen LogP contribution in [-0.2, 0) is 4.79 Å². The molecule has 2 aromatic carbocycles. The maximum Gasteiger partial charge on any atom is 0.253 e. The zero-order chi connectivity index (χ0) is 24.9. The lowest BCUT2D eigenvalue weighted by molar-refractivity contribution is -0.124. The van der Waals surface area contributed by atoms with Gasteiger partial charge in [0.15, 0.2) is 0 Å². The standard InChI is InChI=1S/C29H33Cl2N3O2/c30-23-3-1-22(2-4-23)28(36)34-9-7-33(8-10-34)26-6-5-24(14-25(26)31)32-27(35)18-29-15-19-11-20(16-29)13-21(12-19)17-29/h1-6,14,19-21H,7-13,15-18H2,(H,32,35). The third kappa shape index (κ3) is 4.84. The van der Waals surface area contributed by atoms with Crippen LogP contribution in [0, 0.1) is 23.2 Å². The summed E-state index contributed by atoms with van der Waals surface area (Å²) in [6, 6.07) is 12.8. The number of piperazine rings is 1. The van der Waals surface area contributed by atoms with Gasteiger partial charge in [0.2, 0.25) is 5.91 Å². The summed E-state index contributed by atoms with van der Waals surface area (Å²) in [4.78, 5) is 29.9. The number of halogens is 2. The molecule has 1 N–H and O–H groups in total. The van der Waals surface area contributed by atoms with E-state index in [1.165, 1.54) is 38.5 Å². The highest BCUT2D eigenvalue weighted by Crippen LogP contribution is 2.61. The summed E-state index contributed by atoms with van der Waals surface area (Å²) in [5.74, 6) is 2.68. The molecule has 0 aromatic heterocycles. The van der Waals surface area contributed by atoms with Crippen molar-refractivity contribution in [3.05, 3.63) is 58.1 Å². The van der Waals surface area contributed by atoms with Crippen molar-refractivity contribution < 1.29 is 9.59 Å². The topological polar surface area (TPSA) is 52.7 Å². The van der Waals surface area contributed by atoms with Gasteiger partial charge in [-0.1, -0.05) is 23.2 Å². The first-order chi connectivity index (χ1) is 17.4. The Morgan fingerprint density at radius 2 is 1.47 bits per heavy atom. The van der Waals surface area contributed by atoms with Crippen LogP contribution in [0.3, 0.4) is 0 Å². The quantitative estimate of drug-likeness (QED) is 0.484. The lowest BCUT2D eigenvalue weighted by Crippen LogP contribution is -2.48. The first-order valence-corrected chi connectivity index (χ1v) is 14.0. The summed E-state index contributed by atoms with van der Waals surface area (Å²) in [7, 11) is 0. The summed E-state index contributed by atoms with van der Waals surface area (Å²) in [6.45, 7) is 2.66. The summed E-state index contributed by atoms with van der Waals surface area (Å²) in [6.07, 6.45) is 8.51. The Balaban J connectivity index is 1.05. The molecule has 4 saturated carbocycles. The summed E-state index contributed by atoms with van der Waals surface area (Å²) in [5.41, 5.74) is 2.58. The van der Waals surface area contributed by atoms with Crippen molar-refractivity contribution in [3.8, 4) is 0 Å². The number of benzene rings is 2. The van der Waals surface area contributed by atoms with Crippen LogP contribution in [0.25, 0.3) is 0 Å². The van der Waals surface area contributed by atoms with Gasteiger partial charge in [0, 0.05) is 48.9 Å². The molecule has 190 valence electrons. The minimum Gasteiger partial charge on any atom is -0.367 e. The Kier molecular flexibility index (Phi) is 6.41. The van der Waals surface area contributed by atoms with Gasteiger partial charge in [-0.15, -0.1) is 0 Å². The maximum atomic E-state index is 13.0. The Morgan fingerprint density at radius 1 is 0.861 bits per heavy atom. The SMILES string of the molecule is O=C(CC12CC3CC(CC(C3)C1)C2)Nc1ccc(N2CCN(C(=O)c3ccc(Cl)cc3)CC2)c(Cl)c1. The number of carbonyl (C=O) groups excluding carboxylic acids is 2. The molecule has 2 amide bonds. The second-order valence-corrected chi connectivity index (χ2v) is 12.4. The number of hydrogen-bond donors (Lipinski definition) is 1. The molecule has 0 radical (unpaired) electrons. The molecule has 7 rings (SSSR count). The van der Waals surface area contributed by atoms with Crippen molar-refractivity contribution in [3.63, 3.8) is 0 Å². The van der Waals surface area contributed by atoms with E-state index in [9.17, 15) is 9.59 Å². The largest absolute Gasteiger partial charge is 0.367 e. The van der Waals surface area contributed by atoms with Crippen LogP contribution in [-0.4, -0.2) is 42.9 Å². The number of amides is 2. The smallest absolute Gasteiger partial charge is 0.253 e. The van der Waals surface area contributed by atoms with Gasteiger partial charge < -0.3 is 15.1 Å². The fraction of sp³-hybridized carbons (Fsp3) is 0.517. The van der Waals surface area contributed by atoms with Crippen LogP contribution in [0.5, 0.6) is 0 Å². The second kappa shape index (κ2) is 9.57. The molecule has 5 aliphatic rings. The Hall–Kier alpha value is -2.24. The molecule has 1 heterocycles. The van der Waals surface area contributed by atoms with Crippen molar-refractivity contribution >= 4 is 46.4 Å². The van der Waals surface area contributed by atoms with Gasteiger partial charge in [-0.25, -0.2) is 0 Å². The Labute approximate surface area is 223 Å². The van der Waals surface area contributed by atoms with Crippen molar-refractivity contribution in [1.82, 2.24) is 4.90 Å². The molecular formula is C29H33Cl2N3O2. The number of nitrogens with zero attached hydrogens (tertiary/aromatic N) is 2. The van der Waals surface area contributed by atoms with E-state index in [1.54, 1.807) is 24.3 Å². The predicted molar refractivity (Wildman–Crippen MR) is 145 cm³/mol. The number of carbonyl (C=O) groups is 2. The molecule has 36 heavy (non-hydrogen) atoms. The molecule has 1 saturated heterocycles. The third-order valence-electron chi connectivity index (χ3n) is 8.93. The van der Waals surface area contributed by atoms with Gasteiger partial charge in [-0.2, -0.15) is 0 Å². The van der Waals surface area contributed by atoms with Crippen LogP contribution < -0.4 is 10.2 Å². The van der Waals surface area contributed by atoms with Crippen LogP contribution in [0.4, 0.5) is 11.4 Å². The van der Waals surface area contributed by atoms with Gasteiger partial charge in [-0.05, 0) is 104 Å². The van der Waals surface area contributed by atoms with E-state index in [-0.39, 0.29) is 17.2 Å². The van der Waals surface area contributed by atoms with Crippen LogP contribution in [0.15, 0.2) is 42.5 Å². The highest BCUT2D eigenvalue weighted by molar-refractivity contribution is 6.33. The molecule has 1 aliphatic heterocycles. The van der Waals surface area contributed by atoms with Gasteiger partial charge >= 0.3 is 0 Å². The molecule has 4 aliphatic carbocycles.